The zero-order valence-corrected chi connectivity index (χ0v) is 21.2. The Bertz CT molecular complexity index is 395. The van der Waals surface area contributed by atoms with Crippen LogP contribution in [0.3, 0.4) is 0 Å². The number of rotatable bonds is 21. The molecule has 12 nitrogen and oxygen atoms in total. The van der Waals surface area contributed by atoms with Gasteiger partial charge in [-0.1, -0.05) is 0 Å². The maximum absolute atomic E-state index is 11.4. The van der Waals surface area contributed by atoms with E-state index in [1.54, 1.807) is 14.2 Å². The second kappa shape index (κ2) is 26.6. The van der Waals surface area contributed by atoms with Crippen LogP contribution in [0.25, 0.3) is 0 Å². The van der Waals surface area contributed by atoms with Crippen molar-refractivity contribution in [3.8, 4) is 0 Å². The summed E-state index contributed by atoms with van der Waals surface area (Å²) in [5.41, 5.74) is 7.63. The standard InChI is InChI=1S/C17H32O10.C2H8N2.Pt/c1-22-7-9-26-13-11-24-5-3-17(15(18)19,16(20)21)4-6-25-12-14-27-10-8-23-2;3-1-2-4;/h3-14H2,1-2H3,(H,18,19)(H,20,21);1-4H2;/q;;+2/p-2. The molecule has 0 bridgehead atoms. The van der Waals surface area contributed by atoms with Crippen LogP contribution >= 0.6 is 0 Å². The summed E-state index contributed by atoms with van der Waals surface area (Å²) < 4.78 is 30.4. The van der Waals surface area contributed by atoms with E-state index in [1.807, 2.05) is 0 Å². The topological polar surface area (TPSA) is 188 Å². The van der Waals surface area contributed by atoms with Crippen LogP contribution in [-0.4, -0.2) is 105 Å². The third kappa shape index (κ3) is 20.0. The Morgan fingerprint density at radius 1 is 0.625 bits per heavy atom. The molecule has 0 aliphatic carbocycles. The maximum Gasteiger partial charge on any atom is 2.00 e. The number of aliphatic carboxylic acids is 2. The maximum atomic E-state index is 11.4. The first-order chi connectivity index (χ1) is 14.9. The Balaban J connectivity index is -0.00000154. The van der Waals surface area contributed by atoms with E-state index in [1.165, 1.54) is 0 Å². The van der Waals surface area contributed by atoms with E-state index in [9.17, 15) is 19.8 Å². The Kier molecular flexibility index (Phi) is 29.8. The Morgan fingerprint density at radius 3 is 1.16 bits per heavy atom. The molecule has 0 fully saturated rings. The fourth-order valence-electron chi connectivity index (χ4n) is 2.04. The molecule has 0 aromatic heterocycles. The minimum absolute atomic E-state index is 0. The summed E-state index contributed by atoms with van der Waals surface area (Å²) in [6.45, 7) is 3.74. The van der Waals surface area contributed by atoms with Crippen LogP contribution in [0.1, 0.15) is 12.8 Å². The molecule has 0 aromatic rings. The molecule has 0 aromatic carbocycles. The van der Waals surface area contributed by atoms with E-state index in [-0.39, 0.29) is 60.3 Å². The molecular formula is C19H38N2O10Pt. The number of hydrogen-bond acceptors (Lipinski definition) is 12. The third-order valence-corrected chi connectivity index (χ3v) is 3.90. The van der Waals surface area contributed by atoms with Gasteiger partial charge in [-0.25, -0.2) is 0 Å². The van der Waals surface area contributed by atoms with Crippen LogP contribution in [0.5, 0.6) is 0 Å². The van der Waals surface area contributed by atoms with E-state index in [0.717, 1.165) is 0 Å². The molecule has 0 aliphatic rings. The van der Waals surface area contributed by atoms with E-state index < -0.39 is 17.4 Å². The number of carbonyl (C=O) groups excluding carboxylic acids is 2. The number of methoxy groups -OCH3 is 2. The Hall–Kier alpha value is -0.692. The van der Waals surface area contributed by atoms with Gasteiger partial charge in [-0.3, -0.25) is 0 Å². The first kappa shape index (κ1) is 35.9. The number of hydrogen-bond donors (Lipinski definition) is 2. The van der Waals surface area contributed by atoms with Gasteiger partial charge in [0.05, 0.1) is 70.2 Å². The van der Waals surface area contributed by atoms with Crippen molar-refractivity contribution >= 4 is 11.9 Å². The van der Waals surface area contributed by atoms with Crippen LogP contribution in [0.2, 0.25) is 0 Å². The average molecular weight is 650 g/mol. The average Bonchev–Trinajstić information content (AvgIpc) is 2.75. The molecule has 0 atom stereocenters. The van der Waals surface area contributed by atoms with Crippen molar-refractivity contribution in [3.05, 3.63) is 0 Å². The summed E-state index contributed by atoms with van der Waals surface area (Å²) in [5.74, 6) is -3.44. The number of nitrogens with two attached hydrogens (primary N) is 2. The molecular weight excluding hydrogens is 611 g/mol. The molecule has 0 saturated carbocycles. The van der Waals surface area contributed by atoms with Gasteiger partial charge in [0.1, 0.15) is 0 Å². The molecule has 32 heavy (non-hydrogen) atoms. The van der Waals surface area contributed by atoms with E-state index in [2.05, 4.69) is 0 Å². The first-order valence-corrected chi connectivity index (χ1v) is 10.0. The first-order valence-electron chi connectivity index (χ1n) is 10.0. The molecule has 0 heterocycles. The summed E-state index contributed by atoms with van der Waals surface area (Å²) in [4.78, 5) is 22.8. The van der Waals surface area contributed by atoms with Crippen LogP contribution in [0.4, 0.5) is 0 Å². The molecule has 13 heteroatoms. The second-order valence-electron chi connectivity index (χ2n) is 6.17. The summed E-state index contributed by atoms with van der Waals surface area (Å²) in [6.07, 6.45) is -0.577. The van der Waals surface area contributed by atoms with Crippen molar-refractivity contribution in [2.45, 2.75) is 12.8 Å². The zero-order chi connectivity index (χ0) is 23.8. The molecule has 0 amide bonds. The molecule has 0 rings (SSSR count). The minimum atomic E-state index is -2.17. The van der Waals surface area contributed by atoms with Gasteiger partial charge in [0.15, 0.2) is 0 Å². The van der Waals surface area contributed by atoms with E-state index >= 15 is 0 Å². The number of carboxylic acids is 2. The SMILES string of the molecule is COCCOCCOCCC(CCOCCOCCOC)(C(=O)[O-])C(=O)[O-].NCCN.[Pt+2]. The molecule has 4 N–H and O–H groups in total. The van der Waals surface area contributed by atoms with Gasteiger partial charge in [0.25, 0.3) is 0 Å². The summed E-state index contributed by atoms with van der Waals surface area (Å²) in [5, 5.41) is 22.8. The van der Waals surface area contributed by atoms with Gasteiger partial charge in [0, 0.05) is 40.5 Å². The van der Waals surface area contributed by atoms with Crippen molar-refractivity contribution in [2.75, 3.05) is 93.4 Å². The monoisotopic (exact) mass is 649 g/mol. The Labute approximate surface area is 204 Å². The molecule has 0 saturated heterocycles. The number of carbonyl (C=O) groups is 2. The quantitative estimate of drug-likeness (QED) is 0.0925. The van der Waals surface area contributed by atoms with Crippen LogP contribution < -0.4 is 21.7 Å². The number of carboxylic acid groups (broad SMARTS) is 2. The smallest absolute Gasteiger partial charge is 0.549 e. The van der Waals surface area contributed by atoms with Gasteiger partial charge in [-0.2, -0.15) is 0 Å². The van der Waals surface area contributed by atoms with E-state index in [0.29, 0.717) is 52.7 Å². The summed E-state index contributed by atoms with van der Waals surface area (Å²) in [7, 11) is 3.11. The summed E-state index contributed by atoms with van der Waals surface area (Å²) >= 11 is 0. The molecule has 0 unspecified atom stereocenters. The molecule has 194 valence electrons. The zero-order valence-electron chi connectivity index (χ0n) is 19.0. The fourth-order valence-corrected chi connectivity index (χ4v) is 2.04. The minimum Gasteiger partial charge on any atom is -0.549 e. The number of ether oxygens (including phenoxy) is 6. The van der Waals surface area contributed by atoms with Gasteiger partial charge in [-0.05, 0) is 12.8 Å². The van der Waals surface area contributed by atoms with Gasteiger partial charge >= 0.3 is 21.1 Å². The van der Waals surface area contributed by atoms with Crippen molar-refractivity contribution in [3.63, 3.8) is 0 Å². The van der Waals surface area contributed by atoms with Gasteiger partial charge in [0.2, 0.25) is 0 Å². The predicted molar refractivity (Wildman–Crippen MR) is 107 cm³/mol. The van der Waals surface area contributed by atoms with Crippen molar-refractivity contribution < 1.29 is 69.3 Å². The van der Waals surface area contributed by atoms with E-state index in [4.69, 9.17) is 39.9 Å². The molecule has 0 radical (unpaired) electrons. The third-order valence-electron chi connectivity index (χ3n) is 3.90. The van der Waals surface area contributed by atoms with Crippen LogP contribution in [-0.2, 0) is 59.1 Å². The van der Waals surface area contributed by atoms with Crippen molar-refractivity contribution in [2.24, 2.45) is 16.9 Å². The summed E-state index contributed by atoms with van der Waals surface area (Å²) in [6, 6.07) is 0. The van der Waals surface area contributed by atoms with Crippen LogP contribution in [0, 0.1) is 5.41 Å². The van der Waals surface area contributed by atoms with Crippen molar-refractivity contribution in [1.82, 2.24) is 0 Å². The van der Waals surface area contributed by atoms with Crippen LogP contribution in [0.15, 0.2) is 0 Å². The fraction of sp³-hybridized carbons (Fsp3) is 0.895. The second-order valence-corrected chi connectivity index (χ2v) is 6.17. The van der Waals surface area contributed by atoms with Gasteiger partial charge in [-0.15, -0.1) is 0 Å². The predicted octanol–water partition coefficient (Wildman–Crippen LogP) is -3.49. The largest absolute Gasteiger partial charge is 2.00 e. The molecule has 0 spiro atoms. The normalized spacial score (nSPS) is 10.8. The van der Waals surface area contributed by atoms with Gasteiger partial charge < -0.3 is 59.7 Å². The molecule has 0 aliphatic heterocycles. The van der Waals surface area contributed by atoms with Crippen molar-refractivity contribution in [1.29, 1.82) is 0 Å². The Morgan fingerprint density at radius 2 is 0.906 bits per heavy atom.